The SMILES string of the molecule is CCC[C@@H]1Nn2c(nnc2-c2cccc([N+](=O)[O-])c2)S1. The van der Waals surface area contributed by atoms with Crippen LogP contribution in [0.5, 0.6) is 0 Å². The van der Waals surface area contributed by atoms with Crippen molar-refractivity contribution in [3.05, 3.63) is 34.4 Å². The summed E-state index contributed by atoms with van der Waals surface area (Å²) >= 11 is 1.63. The number of non-ortho nitro benzene ring substituents is 1. The van der Waals surface area contributed by atoms with Crippen molar-refractivity contribution in [1.29, 1.82) is 0 Å². The first-order chi connectivity index (χ1) is 9.69. The Kier molecular flexibility index (Phi) is 3.31. The lowest BCUT2D eigenvalue weighted by molar-refractivity contribution is -0.384. The number of fused-ring (bicyclic) bond motifs is 1. The Hall–Kier alpha value is -2.09. The minimum Gasteiger partial charge on any atom is -0.308 e. The van der Waals surface area contributed by atoms with Crippen LogP contribution in [0.4, 0.5) is 5.69 Å². The van der Waals surface area contributed by atoms with Gasteiger partial charge in [-0.3, -0.25) is 10.1 Å². The highest BCUT2D eigenvalue weighted by Gasteiger charge is 2.26. The van der Waals surface area contributed by atoms with Crippen LogP contribution in [0.15, 0.2) is 29.4 Å². The Labute approximate surface area is 119 Å². The first kappa shape index (κ1) is 12.9. The van der Waals surface area contributed by atoms with Gasteiger partial charge >= 0.3 is 0 Å². The molecule has 3 rings (SSSR count). The molecule has 1 atom stereocenters. The zero-order valence-corrected chi connectivity index (χ0v) is 11.6. The lowest BCUT2D eigenvalue weighted by Crippen LogP contribution is -2.19. The van der Waals surface area contributed by atoms with E-state index in [9.17, 15) is 10.1 Å². The number of rotatable bonds is 4. The monoisotopic (exact) mass is 291 g/mol. The van der Waals surface area contributed by atoms with Gasteiger partial charge in [-0.25, -0.2) is 4.68 Å². The topological polar surface area (TPSA) is 85.9 Å². The van der Waals surface area contributed by atoms with E-state index < -0.39 is 4.92 Å². The highest BCUT2D eigenvalue weighted by Crippen LogP contribution is 2.33. The Bertz CT molecular complexity index is 657. The Morgan fingerprint density at radius 1 is 1.50 bits per heavy atom. The predicted octanol–water partition coefficient (Wildman–Crippen LogP) is 2.63. The van der Waals surface area contributed by atoms with Crippen LogP contribution in [0.3, 0.4) is 0 Å². The Balaban J connectivity index is 1.94. The Morgan fingerprint density at radius 2 is 2.35 bits per heavy atom. The largest absolute Gasteiger partial charge is 0.308 e. The Morgan fingerprint density at radius 3 is 3.10 bits per heavy atom. The second kappa shape index (κ2) is 5.12. The minimum absolute atomic E-state index is 0.0515. The first-order valence-electron chi connectivity index (χ1n) is 6.32. The van der Waals surface area contributed by atoms with Gasteiger partial charge in [-0.2, -0.15) is 0 Å². The zero-order chi connectivity index (χ0) is 14.1. The normalized spacial score (nSPS) is 16.8. The molecule has 1 N–H and O–H groups in total. The summed E-state index contributed by atoms with van der Waals surface area (Å²) in [5, 5.41) is 20.1. The number of nitrogens with one attached hydrogen (secondary N) is 1. The van der Waals surface area contributed by atoms with Crippen LogP contribution in [0.2, 0.25) is 0 Å². The molecule has 1 aliphatic heterocycles. The van der Waals surface area contributed by atoms with E-state index in [0.29, 0.717) is 11.4 Å². The lowest BCUT2D eigenvalue weighted by Gasteiger charge is -2.10. The van der Waals surface area contributed by atoms with Crippen molar-refractivity contribution in [2.75, 3.05) is 5.43 Å². The average Bonchev–Trinajstić information content (AvgIpc) is 2.99. The van der Waals surface area contributed by atoms with E-state index in [1.807, 2.05) is 4.68 Å². The number of nitrogens with zero attached hydrogens (tertiary/aromatic N) is 4. The standard InChI is InChI=1S/C12H13N5O2S/c1-2-4-10-15-16-11(13-14-12(16)20-10)8-5-3-6-9(7-8)17(18)19/h3,5-7,10,15H,2,4H2,1H3/t10-/m1/s1. The molecular weight excluding hydrogens is 278 g/mol. The van der Waals surface area contributed by atoms with E-state index in [0.717, 1.165) is 18.0 Å². The number of nitro benzene ring substituents is 1. The van der Waals surface area contributed by atoms with E-state index in [1.165, 1.54) is 12.1 Å². The molecule has 104 valence electrons. The van der Waals surface area contributed by atoms with Crippen molar-refractivity contribution in [2.45, 2.75) is 30.3 Å². The molecule has 0 fully saturated rings. The molecule has 0 unspecified atom stereocenters. The molecule has 1 aromatic carbocycles. The van der Waals surface area contributed by atoms with Crippen molar-refractivity contribution in [1.82, 2.24) is 14.9 Å². The molecule has 0 aliphatic carbocycles. The number of aromatic nitrogens is 3. The van der Waals surface area contributed by atoms with E-state index in [4.69, 9.17) is 0 Å². The summed E-state index contributed by atoms with van der Waals surface area (Å²) in [6.45, 7) is 2.13. The molecule has 1 aromatic heterocycles. The van der Waals surface area contributed by atoms with Crippen molar-refractivity contribution in [2.24, 2.45) is 0 Å². The van der Waals surface area contributed by atoms with Gasteiger partial charge in [-0.15, -0.1) is 10.2 Å². The second-order valence-corrected chi connectivity index (χ2v) is 5.64. The third-order valence-corrected chi connectivity index (χ3v) is 4.12. The fraction of sp³-hybridized carbons (Fsp3) is 0.333. The molecule has 0 spiro atoms. The fourth-order valence-electron chi connectivity index (χ4n) is 2.09. The van der Waals surface area contributed by atoms with Gasteiger partial charge in [0.1, 0.15) is 0 Å². The summed E-state index contributed by atoms with van der Waals surface area (Å²) in [6, 6.07) is 6.42. The van der Waals surface area contributed by atoms with Gasteiger partial charge in [0, 0.05) is 17.7 Å². The molecule has 1 aliphatic rings. The van der Waals surface area contributed by atoms with Crippen molar-refractivity contribution < 1.29 is 4.92 Å². The van der Waals surface area contributed by atoms with Gasteiger partial charge in [-0.1, -0.05) is 37.2 Å². The van der Waals surface area contributed by atoms with Crippen LogP contribution in [-0.4, -0.2) is 25.2 Å². The van der Waals surface area contributed by atoms with Crippen LogP contribution in [-0.2, 0) is 0 Å². The highest BCUT2D eigenvalue weighted by atomic mass is 32.2. The van der Waals surface area contributed by atoms with Gasteiger partial charge in [0.2, 0.25) is 5.16 Å². The summed E-state index contributed by atoms with van der Waals surface area (Å²) in [5.41, 5.74) is 4.05. The number of hydrogen-bond donors (Lipinski definition) is 1. The molecule has 0 radical (unpaired) electrons. The molecule has 20 heavy (non-hydrogen) atoms. The number of nitro groups is 1. The van der Waals surface area contributed by atoms with Gasteiger partial charge in [-0.05, 0) is 6.42 Å². The zero-order valence-electron chi connectivity index (χ0n) is 10.8. The summed E-state index contributed by atoms with van der Waals surface area (Å²) in [4.78, 5) is 10.4. The quantitative estimate of drug-likeness (QED) is 0.688. The van der Waals surface area contributed by atoms with Gasteiger partial charge in [0.25, 0.3) is 5.69 Å². The lowest BCUT2D eigenvalue weighted by atomic mass is 10.2. The van der Waals surface area contributed by atoms with Crippen LogP contribution < -0.4 is 5.43 Å². The first-order valence-corrected chi connectivity index (χ1v) is 7.20. The summed E-state index contributed by atoms with van der Waals surface area (Å²) in [6.07, 6.45) is 2.11. The van der Waals surface area contributed by atoms with Crippen LogP contribution >= 0.6 is 11.8 Å². The maximum absolute atomic E-state index is 10.8. The molecule has 7 nitrogen and oxygen atoms in total. The van der Waals surface area contributed by atoms with Crippen molar-refractivity contribution in [3.63, 3.8) is 0 Å². The number of benzene rings is 1. The molecular formula is C12H13N5O2S. The molecule has 2 aromatic rings. The maximum Gasteiger partial charge on any atom is 0.270 e. The summed E-state index contributed by atoms with van der Waals surface area (Å²) in [5.74, 6) is 0.606. The number of thioether (sulfide) groups is 1. The van der Waals surface area contributed by atoms with Gasteiger partial charge in [0.05, 0.1) is 10.3 Å². The highest BCUT2D eigenvalue weighted by molar-refractivity contribution is 8.00. The number of hydrogen-bond acceptors (Lipinski definition) is 6. The molecule has 0 bridgehead atoms. The van der Waals surface area contributed by atoms with E-state index >= 15 is 0 Å². The van der Waals surface area contributed by atoms with Crippen LogP contribution in [0, 0.1) is 10.1 Å². The summed E-state index contributed by atoms with van der Waals surface area (Å²) in [7, 11) is 0. The maximum atomic E-state index is 10.8. The van der Waals surface area contributed by atoms with E-state index in [2.05, 4.69) is 22.5 Å². The molecule has 2 heterocycles. The average molecular weight is 291 g/mol. The fourth-order valence-corrected chi connectivity index (χ4v) is 3.19. The third kappa shape index (κ3) is 2.22. The molecule has 0 saturated carbocycles. The molecule has 0 amide bonds. The predicted molar refractivity (Wildman–Crippen MR) is 76.0 cm³/mol. The van der Waals surface area contributed by atoms with Gasteiger partial charge < -0.3 is 5.43 Å². The van der Waals surface area contributed by atoms with Crippen LogP contribution in [0.25, 0.3) is 11.4 Å². The van der Waals surface area contributed by atoms with E-state index in [1.54, 1.807) is 23.9 Å². The third-order valence-electron chi connectivity index (χ3n) is 3.02. The molecule has 8 heteroatoms. The van der Waals surface area contributed by atoms with Crippen LogP contribution in [0.1, 0.15) is 19.8 Å². The minimum atomic E-state index is -0.410. The van der Waals surface area contributed by atoms with Gasteiger partial charge in [0.15, 0.2) is 5.82 Å². The summed E-state index contributed by atoms with van der Waals surface area (Å²) < 4.78 is 1.81. The van der Waals surface area contributed by atoms with Crippen molar-refractivity contribution >= 4 is 17.4 Å². The van der Waals surface area contributed by atoms with Crippen molar-refractivity contribution in [3.8, 4) is 11.4 Å². The molecule has 0 saturated heterocycles. The van der Waals surface area contributed by atoms with E-state index in [-0.39, 0.29) is 11.1 Å². The second-order valence-electron chi connectivity index (χ2n) is 4.47. The smallest absolute Gasteiger partial charge is 0.270 e.